The molecule has 0 atom stereocenters. The molecule has 0 saturated carbocycles. The van der Waals surface area contributed by atoms with Crippen molar-refractivity contribution < 1.29 is 9.90 Å². The maximum Gasteiger partial charge on any atom is 0.335 e. The van der Waals surface area contributed by atoms with Crippen LogP contribution in [0.5, 0.6) is 0 Å². The van der Waals surface area contributed by atoms with Crippen LogP contribution in [0.3, 0.4) is 0 Å². The van der Waals surface area contributed by atoms with Crippen LogP contribution in [0, 0.1) is 13.8 Å². The summed E-state index contributed by atoms with van der Waals surface area (Å²) in [4.78, 5) is 18.1. The van der Waals surface area contributed by atoms with Crippen LogP contribution in [0.1, 0.15) is 27.4 Å². The third kappa shape index (κ3) is 2.68. The molecule has 0 radical (unpaired) electrons. The number of nitrogens with zero attached hydrogens (tertiary/aromatic N) is 1. The van der Waals surface area contributed by atoms with Gasteiger partial charge in [0.05, 0.1) is 24.0 Å². The van der Waals surface area contributed by atoms with Gasteiger partial charge in [-0.2, -0.15) is 0 Å². The molecule has 0 saturated heterocycles. The van der Waals surface area contributed by atoms with Gasteiger partial charge in [-0.25, -0.2) is 9.78 Å². The lowest BCUT2D eigenvalue weighted by atomic mass is 10.1. The summed E-state index contributed by atoms with van der Waals surface area (Å²) in [5, 5.41) is 12.1. The van der Waals surface area contributed by atoms with E-state index in [1.165, 1.54) is 0 Å². The van der Waals surface area contributed by atoms with Crippen molar-refractivity contribution in [3.8, 4) is 0 Å². The topological polar surface area (TPSA) is 78.0 Å². The predicted molar refractivity (Wildman–Crippen MR) is 68.8 cm³/mol. The van der Waals surface area contributed by atoms with E-state index in [4.69, 9.17) is 5.11 Å². The Bertz CT molecular complexity index is 575. The first-order valence-corrected chi connectivity index (χ1v) is 5.64. The van der Waals surface area contributed by atoms with Gasteiger partial charge in [-0.3, -0.25) is 0 Å². The average molecular weight is 245 g/mol. The number of nitrogens with one attached hydrogen (secondary N) is 2. The zero-order valence-corrected chi connectivity index (χ0v) is 10.3. The molecule has 0 spiro atoms. The maximum atomic E-state index is 10.8. The fraction of sp³-hybridized carbons (Fsp3) is 0.231. The Morgan fingerprint density at radius 2 is 2.22 bits per heavy atom. The molecule has 0 aliphatic heterocycles. The van der Waals surface area contributed by atoms with Gasteiger partial charge in [0.2, 0.25) is 0 Å². The normalized spacial score (nSPS) is 10.3. The van der Waals surface area contributed by atoms with Crippen molar-refractivity contribution in [2.24, 2.45) is 0 Å². The Morgan fingerprint density at radius 3 is 2.78 bits per heavy atom. The number of aromatic carboxylic acids is 1. The number of hydrogen-bond acceptors (Lipinski definition) is 3. The summed E-state index contributed by atoms with van der Waals surface area (Å²) in [7, 11) is 0. The number of aromatic amines is 1. The summed E-state index contributed by atoms with van der Waals surface area (Å²) in [6.07, 6.45) is 1.78. The van der Waals surface area contributed by atoms with E-state index in [-0.39, 0.29) is 0 Å². The summed E-state index contributed by atoms with van der Waals surface area (Å²) in [5.41, 5.74) is 3.13. The Kier molecular flexibility index (Phi) is 3.32. The smallest absolute Gasteiger partial charge is 0.335 e. The largest absolute Gasteiger partial charge is 0.478 e. The number of imidazole rings is 1. The molecule has 94 valence electrons. The quantitative estimate of drug-likeness (QED) is 0.772. The summed E-state index contributed by atoms with van der Waals surface area (Å²) in [6.45, 7) is 4.41. The molecule has 1 aromatic carbocycles. The SMILES string of the molecule is Cc1ncc(CNc2ccc(C(=O)O)cc2C)[nH]1. The van der Waals surface area contributed by atoms with E-state index in [9.17, 15) is 4.79 Å². The Labute approximate surface area is 105 Å². The predicted octanol–water partition coefficient (Wildman–Crippen LogP) is 2.34. The lowest BCUT2D eigenvalue weighted by molar-refractivity contribution is 0.0697. The fourth-order valence-corrected chi connectivity index (χ4v) is 1.75. The lowest BCUT2D eigenvalue weighted by Gasteiger charge is -2.09. The lowest BCUT2D eigenvalue weighted by Crippen LogP contribution is -2.03. The van der Waals surface area contributed by atoms with Crippen molar-refractivity contribution >= 4 is 11.7 Å². The van der Waals surface area contributed by atoms with Crippen LogP contribution in [0.25, 0.3) is 0 Å². The summed E-state index contributed by atoms with van der Waals surface area (Å²) in [6, 6.07) is 5.03. The van der Waals surface area contributed by atoms with E-state index < -0.39 is 5.97 Å². The van der Waals surface area contributed by atoms with E-state index in [0.29, 0.717) is 12.1 Å². The van der Waals surface area contributed by atoms with Gasteiger partial charge in [0.25, 0.3) is 0 Å². The van der Waals surface area contributed by atoms with Crippen molar-refractivity contribution in [3.05, 3.63) is 47.0 Å². The van der Waals surface area contributed by atoms with Gasteiger partial charge in [-0.15, -0.1) is 0 Å². The molecule has 2 aromatic rings. The number of carboxylic acids is 1. The molecule has 3 N–H and O–H groups in total. The molecule has 5 nitrogen and oxygen atoms in total. The van der Waals surface area contributed by atoms with Crippen molar-refractivity contribution in [1.82, 2.24) is 9.97 Å². The van der Waals surface area contributed by atoms with E-state index in [0.717, 1.165) is 22.8 Å². The second-order valence-corrected chi connectivity index (χ2v) is 4.18. The molecular formula is C13H15N3O2. The first-order chi connectivity index (χ1) is 8.56. The van der Waals surface area contributed by atoms with E-state index in [1.54, 1.807) is 24.4 Å². The summed E-state index contributed by atoms with van der Waals surface area (Å²) >= 11 is 0. The van der Waals surface area contributed by atoms with Crippen LogP contribution < -0.4 is 5.32 Å². The third-order valence-corrected chi connectivity index (χ3v) is 2.70. The van der Waals surface area contributed by atoms with Crippen LogP contribution in [-0.4, -0.2) is 21.0 Å². The maximum absolute atomic E-state index is 10.8. The summed E-state index contributed by atoms with van der Waals surface area (Å²) in [5.74, 6) is -0.0291. The number of aryl methyl sites for hydroxylation is 2. The van der Waals surface area contributed by atoms with Crippen LogP contribution >= 0.6 is 0 Å². The van der Waals surface area contributed by atoms with Gasteiger partial charge in [0, 0.05) is 5.69 Å². The van der Waals surface area contributed by atoms with Crippen LogP contribution in [0.4, 0.5) is 5.69 Å². The van der Waals surface area contributed by atoms with Gasteiger partial charge in [-0.1, -0.05) is 0 Å². The Hall–Kier alpha value is -2.30. The van der Waals surface area contributed by atoms with Crippen LogP contribution in [0.2, 0.25) is 0 Å². The molecule has 0 fully saturated rings. The molecule has 0 aliphatic rings. The minimum atomic E-state index is -0.908. The van der Waals surface area contributed by atoms with E-state index in [2.05, 4.69) is 15.3 Å². The molecule has 0 unspecified atom stereocenters. The highest BCUT2D eigenvalue weighted by Crippen LogP contribution is 2.17. The zero-order chi connectivity index (χ0) is 13.1. The molecule has 18 heavy (non-hydrogen) atoms. The molecule has 1 heterocycles. The van der Waals surface area contributed by atoms with E-state index >= 15 is 0 Å². The van der Waals surface area contributed by atoms with E-state index in [1.807, 2.05) is 13.8 Å². The summed E-state index contributed by atoms with van der Waals surface area (Å²) < 4.78 is 0. The highest BCUT2D eigenvalue weighted by Gasteiger charge is 2.05. The number of carboxylic acid groups (broad SMARTS) is 1. The third-order valence-electron chi connectivity index (χ3n) is 2.70. The number of rotatable bonds is 4. The number of benzene rings is 1. The molecule has 2 rings (SSSR count). The Balaban J connectivity index is 2.08. The van der Waals surface area contributed by atoms with Crippen LogP contribution in [0.15, 0.2) is 24.4 Å². The van der Waals surface area contributed by atoms with Crippen molar-refractivity contribution in [2.75, 3.05) is 5.32 Å². The highest BCUT2D eigenvalue weighted by molar-refractivity contribution is 5.88. The molecule has 0 aliphatic carbocycles. The number of carbonyl (C=O) groups is 1. The molecule has 5 heteroatoms. The zero-order valence-electron chi connectivity index (χ0n) is 10.3. The van der Waals surface area contributed by atoms with Crippen molar-refractivity contribution in [3.63, 3.8) is 0 Å². The van der Waals surface area contributed by atoms with Crippen molar-refractivity contribution in [1.29, 1.82) is 0 Å². The van der Waals surface area contributed by atoms with Gasteiger partial charge >= 0.3 is 5.97 Å². The highest BCUT2D eigenvalue weighted by atomic mass is 16.4. The number of aromatic nitrogens is 2. The first-order valence-electron chi connectivity index (χ1n) is 5.64. The number of H-pyrrole nitrogens is 1. The van der Waals surface area contributed by atoms with Gasteiger partial charge in [0.15, 0.2) is 0 Å². The second kappa shape index (κ2) is 4.91. The molecular weight excluding hydrogens is 230 g/mol. The number of hydrogen-bond donors (Lipinski definition) is 3. The van der Waals surface area contributed by atoms with Crippen molar-refractivity contribution in [2.45, 2.75) is 20.4 Å². The fourth-order valence-electron chi connectivity index (χ4n) is 1.75. The first kappa shape index (κ1) is 12.2. The molecule has 1 aromatic heterocycles. The average Bonchev–Trinajstić information content (AvgIpc) is 2.73. The number of anilines is 1. The van der Waals surface area contributed by atoms with Gasteiger partial charge in [0.1, 0.15) is 5.82 Å². The Morgan fingerprint density at radius 1 is 1.44 bits per heavy atom. The van der Waals surface area contributed by atoms with Crippen LogP contribution in [-0.2, 0) is 6.54 Å². The molecule has 0 amide bonds. The monoisotopic (exact) mass is 245 g/mol. The van der Waals surface area contributed by atoms with Gasteiger partial charge in [-0.05, 0) is 37.6 Å². The standard InChI is InChI=1S/C13H15N3O2/c1-8-5-10(13(17)18)3-4-12(8)15-7-11-6-14-9(2)16-11/h3-6,15H,7H2,1-2H3,(H,14,16)(H,17,18). The minimum Gasteiger partial charge on any atom is -0.478 e. The molecule has 0 bridgehead atoms. The van der Waals surface area contributed by atoms with Gasteiger partial charge < -0.3 is 15.4 Å². The second-order valence-electron chi connectivity index (χ2n) is 4.18. The minimum absolute atomic E-state index is 0.301.